The number of amides is 1. The predicted octanol–water partition coefficient (Wildman–Crippen LogP) is 4.53. The van der Waals surface area contributed by atoms with E-state index in [1.54, 1.807) is 18.3 Å². The van der Waals surface area contributed by atoms with Crippen molar-refractivity contribution in [3.05, 3.63) is 92.4 Å². The number of carbonyl (C=O) groups excluding carboxylic acids is 2. The molecule has 28 heavy (non-hydrogen) atoms. The van der Waals surface area contributed by atoms with E-state index in [4.69, 9.17) is 0 Å². The Morgan fingerprint density at radius 2 is 1.93 bits per heavy atom. The monoisotopic (exact) mass is 454 g/mol. The molecule has 1 aromatic carbocycles. The third-order valence-corrected chi connectivity index (χ3v) is 5.96. The number of benzene rings is 1. The Hall–Kier alpha value is -2.77. The summed E-state index contributed by atoms with van der Waals surface area (Å²) in [5.74, 6) is -1.52. The number of aliphatic hydroxyl groups excluding tert-OH is 1. The fourth-order valence-corrected chi connectivity index (χ4v) is 4.23. The fourth-order valence-electron chi connectivity index (χ4n) is 3.26. The van der Waals surface area contributed by atoms with Crippen molar-refractivity contribution in [2.75, 3.05) is 0 Å². The highest BCUT2D eigenvalue weighted by atomic mass is 79.9. The maximum Gasteiger partial charge on any atom is 0.295 e. The standard InChI is InChI=1S/C21H15BrN2O3S/c22-15-7-5-13(6-8-15)18-17(19(25)14-3-1-9-23-11-14)20(26)21(27)24(18)12-16-4-2-10-28-16/h1-11,18,25H,12H2/b19-17+. The maximum atomic E-state index is 12.9. The second kappa shape index (κ2) is 7.69. The first-order valence-electron chi connectivity index (χ1n) is 8.53. The summed E-state index contributed by atoms with van der Waals surface area (Å²) >= 11 is 4.92. The largest absolute Gasteiger partial charge is 0.507 e. The highest BCUT2D eigenvalue weighted by molar-refractivity contribution is 9.10. The van der Waals surface area contributed by atoms with E-state index in [0.29, 0.717) is 12.1 Å². The van der Waals surface area contributed by atoms with E-state index in [1.807, 2.05) is 41.8 Å². The second-order valence-electron chi connectivity index (χ2n) is 6.30. The number of hydrogen-bond donors (Lipinski definition) is 1. The molecule has 1 saturated heterocycles. The van der Waals surface area contributed by atoms with Crippen LogP contribution in [0, 0.1) is 0 Å². The summed E-state index contributed by atoms with van der Waals surface area (Å²) in [5, 5.41) is 12.8. The number of Topliss-reactive ketones (excluding diaryl/α,β-unsaturated/α-hetero) is 1. The Labute approximate surface area is 174 Å². The summed E-state index contributed by atoms with van der Waals surface area (Å²) in [6, 6.07) is 13.9. The number of aromatic nitrogens is 1. The topological polar surface area (TPSA) is 70.5 Å². The molecule has 0 saturated carbocycles. The first kappa shape index (κ1) is 18.6. The van der Waals surface area contributed by atoms with Gasteiger partial charge in [-0.3, -0.25) is 14.6 Å². The summed E-state index contributed by atoms with van der Waals surface area (Å²) in [7, 11) is 0. The smallest absolute Gasteiger partial charge is 0.295 e. The summed E-state index contributed by atoms with van der Waals surface area (Å²) in [6.07, 6.45) is 3.05. The van der Waals surface area contributed by atoms with Gasteiger partial charge in [0, 0.05) is 27.3 Å². The van der Waals surface area contributed by atoms with Gasteiger partial charge in [-0.05, 0) is 41.3 Å². The number of hydrogen-bond acceptors (Lipinski definition) is 5. The normalized spacial score (nSPS) is 18.6. The van der Waals surface area contributed by atoms with E-state index in [-0.39, 0.29) is 11.3 Å². The average molecular weight is 455 g/mol. The number of carbonyl (C=O) groups is 2. The minimum atomic E-state index is -0.689. The molecule has 0 spiro atoms. The minimum absolute atomic E-state index is 0.0804. The molecular formula is C21H15BrN2O3S. The molecule has 1 N–H and O–H groups in total. The third-order valence-electron chi connectivity index (χ3n) is 4.57. The molecule has 0 bridgehead atoms. The lowest BCUT2D eigenvalue weighted by atomic mass is 9.96. The SMILES string of the molecule is O=C1C(=O)N(Cc2cccs2)C(c2ccc(Br)cc2)/C1=C(\O)c1cccnc1. The molecule has 1 fully saturated rings. The van der Waals surface area contributed by atoms with Crippen molar-refractivity contribution in [2.45, 2.75) is 12.6 Å². The van der Waals surface area contributed by atoms with Crippen molar-refractivity contribution in [3.8, 4) is 0 Å². The number of ketones is 1. The summed E-state index contributed by atoms with van der Waals surface area (Å²) in [6.45, 7) is 0.298. The van der Waals surface area contributed by atoms with Crippen LogP contribution in [0.3, 0.4) is 0 Å². The zero-order chi connectivity index (χ0) is 19.7. The van der Waals surface area contributed by atoms with Crippen molar-refractivity contribution in [1.82, 2.24) is 9.88 Å². The molecule has 2 aromatic heterocycles. The van der Waals surface area contributed by atoms with Crippen LogP contribution in [-0.2, 0) is 16.1 Å². The summed E-state index contributed by atoms with van der Waals surface area (Å²) in [5.41, 5.74) is 1.24. The van der Waals surface area contributed by atoms with Crippen LogP contribution in [-0.4, -0.2) is 26.7 Å². The molecule has 3 aromatic rings. The van der Waals surface area contributed by atoms with Gasteiger partial charge >= 0.3 is 0 Å². The quantitative estimate of drug-likeness (QED) is 0.357. The molecule has 140 valence electrons. The van der Waals surface area contributed by atoms with Crippen molar-refractivity contribution >= 4 is 44.7 Å². The van der Waals surface area contributed by atoms with Gasteiger partial charge in [0.1, 0.15) is 5.76 Å². The molecule has 3 heterocycles. The average Bonchev–Trinajstić information content (AvgIpc) is 3.31. The van der Waals surface area contributed by atoms with E-state index in [1.165, 1.54) is 22.4 Å². The molecule has 0 radical (unpaired) electrons. The van der Waals surface area contributed by atoms with Crippen LogP contribution in [0.1, 0.15) is 22.0 Å². The lowest BCUT2D eigenvalue weighted by molar-refractivity contribution is -0.140. The molecule has 1 unspecified atom stereocenters. The van der Waals surface area contributed by atoms with Crippen LogP contribution in [0.2, 0.25) is 0 Å². The molecule has 7 heteroatoms. The third kappa shape index (κ3) is 3.39. The van der Waals surface area contributed by atoms with Crippen molar-refractivity contribution < 1.29 is 14.7 Å². The van der Waals surface area contributed by atoms with Crippen LogP contribution in [0.25, 0.3) is 5.76 Å². The molecule has 1 aliphatic rings. The van der Waals surface area contributed by atoms with Crippen LogP contribution in [0.15, 0.2) is 76.4 Å². The Morgan fingerprint density at radius 1 is 1.14 bits per heavy atom. The van der Waals surface area contributed by atoms with Gasteiger partial charge in [0.15, 0.2) is 0 Å². The highest BCUT2D eigenvalue weighted by Crippen LogP contribution is 2.40. The van der Waals surface area contributed by atoms with Gasteiger partial charge in [-0.25, -0.2) is 0 Å². The fraction of sp³-hybridized carbons (Fsp3) is 0.0952. The van der Waals surface area contributed by atoms with Crippen molar-refractivity contribution in [3.63, 3.8) is 0 Å². The summed E-state index contributed by atoms with van der Waals surface area (Å²) < 4.78 is 0.888. The van der Waals surface area contributed by atoms with Gasteiger partial charge in [-0.2, -0.15) is 0 Å². The predicted molar refractivity (Wildman–Crippen MR) is 111 cm³/mol. The van der Waals surface area contributed by atoms with Gasteiger partial charge in [-0.1, -0.05) is 34.1 Å². The highest BCUT2D eigenvalue weighted by Gasteiger charge is 2.46. The number of halogens is 1. The van der Waals surface area contributed by atoms with Gasteiger partial charge < -0.3 is 10.0 Å². The zero-order valence-electron chi connectivity index (χ0n) is 14.6. The Morgan fingerprint density at radius 3 is 2.57 bits per heavy atom. The Kier molecular flexibility index (Phi) is 5.11. The van der Waals surface area contributed by atoms with Crippen LogP contribution in [0.5, 0.6) is 0 Å². The molecule has 1 atom stereocenters. The van der Waals surface area contributed by atoms with Crippen LogP contribution < -0.4 is 0 Å². The Bertz CT molecular complexity index is 1050. The van der Waals surface area contributed by atoms with E-state index >= 15 is 0 Å². The number of thiophene rings is 1. The maximum absolute atomic E-state index is 12.9. The van der Waals surface area contributed by atoms with Crippen LogP contribution >= 0.6 is 27.3 Å². The number of aliphatic hydroxyl groups is 1. The molecule has 5 nitrogen and oxygen atoms in total. The van der Waals surface area contributed by atoms with E-state index in [9.17, 15) is 14.7 Å². The van der Waals surface area contributed by atoms with Gasteiger partial charge in [0.25, 0.3) is 11.7 Å². The molecule has 1 amide bonds. The second-order valence-corrected chi connectivity index (χ2v) is 8.25. The molecule has 4 rings (SSSR count). The number of likely N-dealkylation sites (tertiary alicyclic amines) is 1. The molecule has 0 aliphatic carbocycles. The van der Waals surface area contributed by atoms with E-state index in [2.05, 4.69) is 20.9 Å². The zero-order valence-corrected chi connectivity index (χ0v) is 17.0. The Balaban J connectivity index is 1.86. The lowest BCUT2D eigenvalue weighted by Gasteiger charge is -2.25. The number of nitrogens with zero attached hydrogens (tertiary/aromatic N) is 2. The summed E-state index contributed by atoms with van der Waals surface area (Å²) in [4.78, 5) is 32.2. The lowest BCUT2D eigenvalue weighted by Crippen LogP contribution is -2.28. The molecule has 1 aliphatic heterocycles. The van der Waals surface area contributed by atoms with Crippen molar-refractivity contribution in [2.24, 2.45) is 0 Å². The van der Waals surface area contributed by atoms with Gasteiger partial charge in [-0.15, -0.1) is 11.3 Å². The minimum Gasteiger partial charge on any atom is -0.507 e. The first-order valence-corrected chi connectivity index (χ1v) is 10.2. The first-order chi connectivity index (χ1) is 13.6. The number of rotatable bonds is 4. The van der Waals surface area contributed by atoms with E-state index in [0.717, 1.165) is 14.9 Å². The van der Waals surface area contributed by atoms with Gasteiger partial charge in [0.2, 0.25) is 0 Å². The van der Waals surface area contributed by atoms with Gasteiger partial charge in [0.05, 0.1) is 18.2 Å². The number of pyridine rings is 1. The van der Waals surface area contributed by atoms with Crippen molar-refractivity contribution in [1.29, 1.82) is 0 Å². The van der Waals surface area contributed by atoms with Crippen LogP contribution in [0.4, 0.5) is 0 Å². The van der Waals surface area contributed by atoms with E-state index < -0.39 is 17.7 Å². The molecular weight excluding hydrogens is 440 g/mol.